The van der Waals surface area contributed by atoms with Gasteiger partial charge in [0.05, 0.1) is 4.34 Å². The van der Waals surface area contributed by atoms with Crippen LogP contribution in [0, 0.1) is 0 Å². The van der Waals surface area contributed by atoms with E-state index in [0.29, 0.717) is 6.04 Å². The quantitative estimate of drug-likeness (QED) is 0.787. The first-order chi connectivity index (χ1) is 8.78. The molecule has 2 heterocycles. The Kier molecular flexibility index (Phi) is 5.70. The van der Waals surface area contributed by atoms with Crippen molar-refractivity contribution in [2.45, 2.75) is 32.2 Å². The van der Waals surface area contributed by atoms with E-state index in [-0.39, 0.29) is 0 Å². The first-order valence-electron chi connectivity index (χ1n) is 6.26. The van der Waals surface area contributed by atoms with Crippen LogP contribution >= 0.6 is 34.3 Å². The van der Waals surface area contributed by atoms with E-state index < -0.39 is 0 Å². The molecule has 0 amide bonds. The number of halogens is 1. The van der Waals surface area contributed by atoms with Gasteiger partial charge in [0.15, 0.2) is 0 Å². The molecule has 0 bridgehead atoms. The lowest BCUT2D eigenvalue weighted by Crippen LogP contribution is -2.33. The molecular weight excluding hydrogens is 282 g/mol. The van der Waals surface area contributed by atoms with Crippen LogP contribution in [0.5, 0.6) is 0 Å². The van der Waals surface area contributed by atoms with Crippen LogP contribution in [-0.4, -0.2) is 12.6 Å². The molecule has 18 heavy (non-hydrogen) atoms. The topological polar surface area (TPSA) is 12.0 Å². The Morgan fingerprint density at radius 3 is 2.78 bits per heavy atom. The Balaban J connectivity index is 1.95. The second-order valence-electron chi connectivity index (χ2n) is 4.40. The van der Waals surface area contributed by atoms with Gasteiger partial charge in [-0.1, -0.05) is 18.5 Å². The first-order valence-corrected chi connectivity index (χ1v) is 8.40. The van der Waals surface area contributed by atoms with Gasteiger partial charge in [-0.3, -0.25) is 0 Å². The van der Waals surface area contributed by atoms with Crippen LogP contribution in [0.2, 0.25) is 4.34 Å². The summed E-state index contributed by atoms with van der Waals surface area (Å²) in [6, 6.07) is 6.85. The summed E-state index contributed by atoms with van der Waals surface area (Å²) in [4.78, 5) is 1.36. The van der Waals surface area contributed by atoms with Crippen molar-refractivity contribution < 1.29 is 0 Å². The summed E-state index contributed by atoms with van der Waals surface area (Å²) in [5.74, 6) is 0. The second-order valence-corrected chi connectivity index (χ2v) is 6.98. The number of nitrogens with one attached hydrogen (secondary N) is 1. The Morgan fingerprint density at radius 2 is 2.17 bits per heavy atom. The van der Waals surface area contributed by atoms with Gasteiger partial charge in [0.25, 0.3) is 0 Å². The summed E-state index contributed by atoms with van der Waals surface area (Å²) in [5.41, 5.74) is 1.43. The SMILES string of the molecule is CCCNC(Cc1ccsc1)Cc1ccc(Cl)s1. The van der Waals surface area contributed by atoms with Crippen molar-refractivity contribution in [2.75, 3.05) is 6.54 Å². The van der Waals surface area contributed by atoms with Crippen LogP contribution in [0.15, 0.2) is 29.0 Å². The van der Waals surface area contributed by atoms with Crippen molar-refractivity contribution in [2.24, 2.45) is 0 Å². The zero-order valence-electron chi connectivity index (χ0n) is 10.5. The molecule has 1 unspecified atom stereocenters. The van der Waals surface area contributed by atoms with Gasteiger partial charge >= 0.3 is 0 Å². The van der Waals surface area contributed by atoms with Gasteiger partial charge in [0.2, 0.25) is 0 Å². The van der Waals surface area contributed by atoms with Gasteiger partial charge in [-0.15, -0.1) is 11.3 Å². The normalized spacial score (nSPS) is 12.8. The summed E-state index contributed by atoms with van der Waals surface area (Å²) < 4.78 is 0.884. The van der Waals surface area contributed by atoms with Gasteiger partial charge in [-0.05, 0) is 60.3 Å². The molecule has 1 N–H and O–H groups in total. The van der Waals surface area contributed by atoms with Gasteiger partial charge in [0.1, 0.15) is 0 Å². The molecular formula is C14H18ClNS2. The van der Waals surface area contributed by atoms with Crippen LogP contribution in [0.25, 0.3) is 0 Å². The molecule has 2 aromatic heterocycles. The molecule has 2 rings (SSSR count). The predicted octanol–water partition coefficient (Wildman–Crippen LogP) is 4.62. The summed E-state index contributed by atoms with van der Waals surface area (Å²) in [5, 5.41) is 8.02. The van der Waals surface area contributed by atoms with Crippen molar-refractivity contribution >= 4 is 34.3 Å². The lowest BCUT2D eigenvalue weighted by atomic mass is 10.0. The molecule has 0 aliphatic heterocycles. The minimum atomic E-state index is 0.509. The van der Waals surface area contributed by atoms with E-state index in [9.17, 15) is 0 Å². The van der Waals surface area contributed by atoms with Crippen molar-refractivity contribution in [1.29, 1.82) is 0 Å². The summed E-state index contributed by atoms with van der Waals surface area (Å²) in [6.45, 7) is 3.28. The van der Waals surface area contributed by atoms with E-state index in [2.05, 4.69) is 35.1 Å². The lowest BCUT2D eigenvalue weighted by molar-refractivity contribution is 0.508. The Morgan fingerprint density at radius 1 is 1.28 bits per heavy atom. The van der Waals surface area contributed by atoms with Crippen molar-refractivity contribution in [3.63, 3.8) is 0 Å². The number of hydrogen-bond acceptors (Lipinski definition) is 3. The van der Waals surface area contributed by atoms with E-state index in [1.165, 1.54) is 16.9 Å². The molecule has 98 valence electrons. The third kappa shape index (κ3) is 4.39. The molecule has 0 aliphatic carbocycles. The van der Waals surface area contributed by atoms with E-state index in [1.807, 2.05) is 6.07 Å². The van der Waals surface area contributed by atoms with Crippen LogP contribution in [-0.2, 0) is 12.8 Å². The van der Waals surface area contributed by atoms with E-state index in [4.69, 9.17) is 11.6 Å². The minimum absolute atomic E-state index is 0.509. The molecule has 0 saturated carbocycles. The summed E-state index contributed by atoms with van der Waals surface area (Å²) in [6.07, 6.45) is 3.33. The molecule has 0 aromatic carbocycles. The number of hydrogen-bond donors (Lipinski definition) is 1. The molecule has 1 nitrogen and oxygen atoms in total. The van der Waals surface area contributed by atoms with E-state index in [0.717, 1.165) is 23.7 Å². The average Bonchev–Trinajstić information content (AvgIpc) is 2.98. The molecule has 4 heteroatoms. The largest absolute Gasteiger partial charge is 0.313 e. The molecule has 0 spiro atoms. The highest BCUT2D eigenvalue weighted by molar-refractivity contribution is 7.16. The smallest absolute Gasteiger partial charge is 0.0931 e. The molecule has 0 aliphatic rings. The molecule has 1 atom stereocenters. The van der Waals surface area contributed by atoms with E-state index >= 15 is 0 Å². The number of rotatable bonds is 7. The second kappa shape index (κ2) is 7.29. The van der Waals surface area contributed by atoms with E-state index in [1.54, 1.807) is 22.7 Å². The Labute approximate surface area is 122 Å². The van der Waals surface area contributed by atoms with Gasteiger partial charge in [-0.2, -0.15) is 11.3 Å². The van der Waals surface area contributed by atoms with Crippen molar-refractivity contribution in [1.82, 2.24) is 5.32 Å². The predicted molar refractivity (Wildman–Crippen MR) is 83.1 cm³/mol. The maximum atomic E-state index is 5.99. The highest BCUT2D eigenvalue weighted by atomic mass is 35.5. The molecule has 0 saturated heterocycles. The Bertz CT molecular complexity index is 450. The minimum Gasteiger partial charge on any atom is -0.313 e. The van der Waals surface area contributed by atoms with Crippen LogP contribution in [0.1, 0.15) is 23.8 Å². The van der Waals surface area contributed by atoms with Crippen LogP contribution < -0.4 is 5.32 Å². The van der Waals surface area contributed by atoms with Crippen molar-refractivity contribution in [3.05, 3.63) is 43.7 Å². The third-order valence-electron chi connectivity index (χ3n) is 2.82. The monoisotopic (exact) mass is 299 g/mol. The highest BCUT2D eigenvalue weighted by Crippen LogP contribution is 2.23. The third-order valence-corrected chi connectivity index (χ3v) is 4.81. The highest BCUT2D eigenvalue weighted by Gasteiger charge is 2.11. The molecule has 0 radical (unpaired) electrons. The van der Waals surface area contributed by atoms with Crippen molar-refractivity contribution in [3.8, 4) is 0 Å². The Hall–Kier alpha value is -0.350. The molecule has 0 fully saturated rings. The fourth-order valence-electron chi connectivity index (χ4n) is 1.96. The van der Waals surface area contributed by atoms with Crippen LogP contribution in [0.3, 0.4) is 0 Å². The lowest BCUT2D eigenvalue weighted by Gasteiger charge is -2.17. The summed E-state index contributed by atoms with van der Waals surface area (Å²) in [7, 11) is 0. The van der Waals surface area contributed by atoms with Gasteiger partial charge in [0, 0.05) is 10.9 Å². The maximum absolute atomic E-state index is 5.99. The zero-order chi connectivity index (χ0) is 12.8. The fraction of sp³-hybridized carbons (Fsp3) is 0.429. The number of thiophene rings is 2. The summed E-state index contributed by atoms with van der Waals surface area (Å²) >= 11 is 9.45. The molecule has 2 aromatic rings. The van der Waals surface area contributed by atoms with Gasteiger partial charge < -0.3 is 5.32 Å². The zero-order valence-corrected chi connectivity index (χ0v) is 12.9. The maximum Gasteiger partial charge on any atom is 0.0931 e. The van der Waals surface area contributed by atoms with Gasteiger partial charge in [-0.25, -0.2) is 0 Å². The average molecular weight is 300 g/mol. The first kappa shape index (κ1) is 14.1. The fourth-order valence-corrected chi connectivity index (χ4v) is 3.81. The van der Waals surface area contributed by atoms with Crippen LogP contribution in [0.4, 0.5) is 0 Å². The standard InChI is InChI=1S/C14H18ClNS2/c1-2-6-16-12(8-11-5-7-17-10-11)9-13-3-4-14(15)18-13/h3-5,7,10,12,16H,2,6,8-9H2,1H3.